The van der Waals surface area contributed by atoms with Gasteiger partial charge in [0.05, 0.1) is 0 Å². The summed E-state index contributed by atoms with van der Waals surface area (Å²) < 4.78 is 12.8. The molecule has 0 saturated heterocycles. The van der Waals surface area contributed by atoms with E-state index in [0.717, 1.165) is 49.4 Å². The molecule has 2 nitrogen and oxygen atoms in total. The van der Waals surface area contributed by atoms with Crippen molar-refractivity contribution < 1.29 is 8.83 Å². The van der Waals surface area contributed by atoms with Crippen LogP contribution in [-0.2, 0) is 0 Å². The lowest BCUT2D eigenvalue weighted by molar-refractivity contribution is 0.633. The summed E-state index contributed by atoms with van der Waals surface area (Å²) in [6.45, 7) is 0. The quantitative estimate of drug-likeness (QED) is 0.193. The summed E-state index contributed by atoms with van der Waals surface area (Å²) in [5.41, 5.74) is 10.7. The van der Waals surface area contributed by atoms with Crippen LogP contribution in [0.3, 0.4) is 0 Å². The zero-order chi connectivity index (χ0) is 30.2. The highest BCUT2D eigenvalue weighted by Crippen LogP contribution is 2.47. The molecule has 0 unspecified atom stereocenters. The fourth-order valence-electron chi connectivity index (χ4n) is 7.47. The van der Waals surface area contributed by atoms with E-state index in [9.17, 15) is 0 Å². The van der Waals surface area contributed by atoms with E-state index in [4.69, 9.17) is 8.83 Å². The van der Waals surface area contributed by atoms with Gasteiger partial charge in [-0.25, -0.2) is 0 Å². The maximum Gasteiger partial charge on any atom is 0.178 e. The highest BCUT2D eigenvalue weighted by molar-refractivity contribution is 6.24. The first kappa shape index (κ1) is 25.2. The van der Waals surface area contributed by atoms with E-state index in [-0.39, 0.29) is 0 Å². The monoisotopic (exact) mass is 586 g/mol. The third-order valence-corrected chi connectivity index (χ3v) is 9.48. The van der Waals surface area contributed by atoms with Gasteiger partial charge in [0, 0.05) is 21.5 Å². The van der Waals surface area contributed by atoms with Crippen molar-refractivity contribution in [3.63, 3.8) is 0 Å². The molecule has 2 heterocycles. The SMILES string of the molecule is c1ccc(-c2ccccc2-c2c3ccccc3c(-c3ccc4oc5c(ccc6c7ccccc7oc65)c4c3)c3ccccc23)cc1. The van der Waals surface area contributed by atoms with Gasteiger partial charge in [-0.05, 0) is 85.3 Å². The molecule has 8 aromatic carbocycles. The van der Waals surface area contributed by atoms with Crippen LogP contribution in [0, 0.1) is 0 Å². The summed E-state index contributed by atoms with van der Waals surface area (Å²) in [5.74, 6) is 0. The minimum Gasteiger partial charge on any atom is -0.452 e. The molecule has 0 N–H and O–H groups in total. The number of rotatable bonds is 3. The maximum absolute atomic E-state index is 6.50. The molecule has 214 valence electrons. The molecule has 0 atom stereocenters. The van der Waals surface area contributed by atoms with E-state index in [1.165, 1.54) is 49.4 Å². The first-order valence-electron chi connectivity index (χ1n) is 15.7. The molecule has 0 aliphatic heterocycles. The van der Waals surface area contributed by atoms with Crippen molar-refractivity contribution in [2.45, 2.75) is 0 Å². The van der Waals surface area contributed by atoms with Crippen LogP contribution in [0.1, 0.15) is 0 Å². The van der Waals surface area contributed by atoms with Crippen LogP contribution in [0.2, 0.25) is 0 Å². The van der Waals surface area contributed by atoms with Crippen LogP contribution in [0.15, 0.2) is 167 Å². The van der Waals surface area contributed by atoms with Crippen LogP contribution >= 0.6 is 0 Å². The second kappa shape index (κ2) is 9.69. The van der Waals surface area contributed by atoms with Crippen LogP contribution in [0.25, 0.3) is 98.8 Å². The number of furan rings is 2. The van der Waals surface area contributed by atoms with Crippen molar-refractivity contribution in [1.29, 1.82) is 0 Å². The molecule has 2 aromatic heterocycles. The standard InChI is InChI=1S/C44H26O2/c1-2-12-27(13-3-1)29-14-4-5-16-31(29)42-34-19-8-6-17-32(34)41(33-18-7-9-20-35(33)42)28-22-25-40-38(26-28)37-24-23-36-30-15-10-11-21-39(30)45-43(36)44(37)46-40/h1-26H. The predicted molar refractivity (Wildman–Crippen MR) is 192 cm³/mol. The molecule has 0 radical (unpaired) electrons. The maximum atomic E-state index is 6.50. The molecule has 0 amide bonds. The zero-order valence-electron chi connectivity index (χ0n) is 24.8. The molecule has 0 spiro atoms. The smallest absolute Gasteiger partial charge is 0.178 e. The Balaban J connectivity index is 1.26. The Kier molecular flexibility index (Phi) is 5.31. The Morgan fingerprint density at radius 3 is 1.46 bits per heavy atom. The second-order valence-electron chi connectivity index (χ2n) is 12.0. The van der Waals surface area contributed by atoms with E-state index < -0.39 is 0 Å². The average Bonchev–Trinajstić information content (AvgIpc) is 3.69. The molecule has 10 rings (SSSR count). The number of fused-ring (bicyclic) bond motifs is 9. The first-order chi connectivity index (χ1) is 22.8. The molecular formula is C44H26O2. The van der Waals surface area contributed by atoms with Crippen LogP contribution < -0.4 is 0 Å². The summed E-state index contributed by atoms with van der Waals surface area (Å²) in [7, 11) is 0. The largest absolute Gasteiger partial charge is 0.452 e. The van der Waals surface area contributed by atoms with Crippen molar-refractivity contribution in [2.75, 3.05) is 0 Å². The molecule has 0 bridgehead atoms. The van der Waals surface area contributed by atoms with Gasteiger partial charge in [-0.1, -0.05) is 127 Å². The highest BCUT2D eigenvalue weighted by Gasteiger charge is 2.20. The minimum absolute atomic E-state index is 0.795. The average molecular weight is 587 g/mol. The fourth-order valence-corrected chi connectivity index (χ4v) is 7.47. The third kappa shape index (κ3) is 3.59. The molecule has 10 aromatic rings. The van der Waals surface area contributed by atoms with Gasteiger partial charge in [-0.15, -0.1) is 0 Å². The fraction of sp³-hybridized carbons (Fsp3) is 0. The van der Waals surface area contributed by atoms with Crippen molar-refractivity contribution in [2.24, 2.45) is 0 Å². The van der Waals surface area contributed by atoms with Crippen molar-refractivity contribution in [3.05, 3.63) is 158 Å². The molecule has 0 fully saturated rings. The summed E-state index contributed by atoms with van der Waals surface area (Å²) in [5, 5.41) is 9.25. The summed E-state index contributed by atoms with van der Waals surface area (Å²) in [4.78, 5) is 0. The molecular weight excluding hydrogens is 560 g/mol. The van der Waals surface area contributed by atoms with E-state index in [1.54, 1.807) is 0 Å². The van der Waals surface area contributed by atoms with Gasteiger partial charge in [0.25, 0.3) is 0 Å². The van der Waals surface area contributed by atoms with Crippen LogP contribution in [0.4, 0.5) is 0 Å². The van der Waals surface area contributed by atoms with Crippen molar-refractivity contribution in [1.82, 2.24) is 0 Å². The topological polar surface area (TPSA) is 26.3 Å². The second-order valence-corrected chi connectivity index (χ2v) is 12.0. The molecule has 46 heavy (non-hydrogen) atoms. The Morgan fingerprint density at radius 2 is 0.783 bits per heavy atom. The zero-order valence-corrected chi connectivity index (χ0v) is 24.8. The Labute approximate surface area is 264 Å². The van der Waals surface area contributed by atoms with Gasteiger partial charge in [0.15, 0.2) is 11.2 Å². The van der Waals surface area contributed by atoms with Gasteiger partial charge in [-0.3, -0.25) is 0 Å². The molecule has 0 aliphatic rings. The van der Waals surface area contributed by atoms with Gasteiger partial charge in [-0.2, -0.15) is 0 Å². The number of benzene rings is 8. The van der Waals surface area contributed by atoms with Gasteiger partial charge < -0.3 is 8.83 Å². The lowest BCUT2D eigenvalue weighted by Crippen LogP contribution is -1.92. The van der Waals surface area contributed by atoms with E-state index in [0.29, 0.717) is 0 Å². The van der Waals surface area contributed by atoms with Crippen molar-refractivity contribution in [3.8, 4) is 33.4 Å². The van der Waals surface area contributed by atoms with E-state index >= 15 is 0 Å². The van der Waals surface area contributed by atoms with Crippen LogP contribution in [-0.4, -0.2) is 0 Å². The summed E-state index contributed by atoms with van der Waals surface area (Å²) in [6, 6.07) is 56.3. The molecule has 2 heteroatoms. The third-order valence-electron chi connectivity index (χ3n) is 9.48. The highest BCUT2D eigenvalue weighted by atomic mass is 16.4. The number of hydrogen-bond donors (Lipinski definition) is 0. The van der Waals surface area contributed by atoms with Crippen LogP contribution in [0.5, 0.6) is 0 Å². The Bertz CT molecular complexity index is 2740. The molecule has 0 saturated carbocycles. The number of para-hydroxylation sites is 1. The van der Waals surface area contributed by atoms with E-state index in [1.807, 2.05) is 18.2 Å². The van der Waals surface area contributed by atoms with E-state index in [2.05, 4.69) is 140 Å². The first-order valence-corrected chi connectivity index (χ1v) is 15.7. The lowest BCUT2D eigenvalue weighted by atomic mass is 9.83. The number of hydrogen-bond acceptors (Lipinski definition) is 2. The Hall–Kier alpha value is -6.12. The van der Waals surface area contributed by atoms with Crippen molar-refractivity contribution >= 4 is 65.4 Å². The summed E-state index contributed by atoms with van der Waals surface area (Å²) in [6.07, 6.45) is 0. The Morgan fingerprint density at radius 1 is 0.283 bits per heavy atom. The summed E-state index contributed by atoms with van der Waals surface area (Å²) >= 11 is 0. The predicted octanol–water partition coefficient (Wildman–Crippen LogP) is 12.8. The molecule has 0 aliphatic carbocycles. The van der Waals surface area contributed by atoms with Gasteiger partial charge in [0.2, 0.25) is 0 Å². The van der Waals surface area contributed by atoms with Gasteiger partial charge in [0.1, 0.15) is 11.2 Å². The van der Waals surface area contributed by atoms with Gasteiger partial charge >= 0.3 is 0 Å². The lowest BCUT2D eigenvalue weighted by Gasteiger charge is -2.19. The normalized spacial score (nSPS) is 11.9. The minimum atomic E-state index is 0.795.